The van der Waals surface area contributed by atoms with Crippen LogP contribution >= 0.6 is 0 Å². The smallest absolute Gasteiger partial charge is 0.324 e. The maximum Gasteiger partial charge on any atom is 0.416 e. The van der Waals surface area contributed by atoms with Gasteiger partial charge in [-0.1, -0.05) is 0 Å². The predicted octanol–water partition coefficient (Wildman–Crippen LogP) is 2.30. The number of benzene rings is 1. The molecule has 0 spiro atoms. The average molecular weight is 249 g/mol. The van der Waals surface area contributed by atoms with Gasteiger partial charge in [-0.25, -0.2) is 4.39 Å². The molecule has 0 saturated heterocycles. The second kappa shape index (κ2) is 5.27. The molecule has 0 bridgehead atoms. The van der Waals surface area contributed by atoms with Crippen LogP contribution in [0.5, 0.6) is 0 Å². The summed E-state index contributed by atoms with van der Waals surface area (Å²) in [5.74, 6) is -1.24. The van der Waals surface area contributed by atoms with Gasteiger partial charge < -0.3 is 5.73 Å². The Hall–Kier alpha value is -1.43. The zero-order valence-electron chi connectivity index (χ0n) is 8.85. The topological polar surface area (TPSA) is 43.1 Å². The van der Waals surface area contributed by atoms with Crippen LogP contribution in [0.3, 0.4) is 0 Å². The fourth-order valence-electron chi connectivity index (χ4n) is 1.34. The average Bonchev–Trinajstić information content (AvgIpc) is 2.24. The number of hydrogen-bond donors (Lipinski definition) is 1. The van der Waals surface area contributed by atoms with Crippen LogP contribution in [-0.4, -0.2) is 12.3 Å². The van der Waals surface area contributed by atoms with E-state index in [0.29, 0.717) is 6.07 Å². The third-order valence-electron chi connectivity index (χ3n) is 2.21. The van der Waals surface area contributed by atoms with E-state index in [0.717, 1.165) is 12.1 Å². The minimum Gasteiger partial charge on any atom is -0.324 e. The van der Waals surface area contributed by atoms with Gasteiger partial charge >= 0.3 is 6.18 Å². The zero-order valence-corrected chi connectivity index (χ0v) is 8.85. The Balaban J connectivity index is 2.87. The van der Waals surface area contributed by atoms with Crippen molar-refractivity contribution in [1.82, 2.24) is 0 Å². The van der Waals surface area contributed by atoms with Crippen LogP contribution in [-0.2, 0) is 17.4 Å². The summed E-state index contributed by atoms with van der Waals surface area (Å²) < 4.78 is 50.0. The second-order valence-electron chi connectivity index (χ2n) is 3.59. The molecule has 0 heterocycles. The Morgan fingerprint density at radius 3 is 2.41 bits per heavy atom. The number of nitrogens with two attached hydrogens (primary N) is 1. The van der Waals surface area contributed by atoms with E-state index < -0.39 is 17.6 Å². The molecule has 1 rings (SSSR count). The van der Waals surface area contributed by atoms with Gasteiger partial charge in [-0.05, 0) is 30.2 Å². The Bertz CT molecular complexity index is 414. The summed E-state index contributed by atoms with van der Waals surface area (Å²) in [5, 5.41) is 0. The van der Waals surface area contributed by atoms with Gasteiger partial charge in [-0.2, -0.15) is 13.2 Å². The molecule has 17 heavy (non-hydrogen) atoms. The molecule has 0 aliphatic rings. The van der Waals surface area contributed by atoms with Crippen molar-refractivity contribution in [2.24, 2.45) is 5.73 Å². The summed E-state index contributed by atoms with van der Waals surface area (Å²) in [6, 6.07) is 2.25. The highest BCUT2D eigenvalue weighted by atomic mass is 19.4. The fourth-order valence-corrected chi connectivity index (χ4v) is 1.34. The molecule has 0 saturated carbocycles. The van der Waals surface area contributed by atoms with Crippen LogP contribution < -0.4 is 5.73 Å². The first-order valence-electron chi connectivity index (χ1n) is 4.91. The summed E-state index contributed by atoms with van der Waals surface area (Å²) >= 11 is 0. The molecule has 2 nitrogen and oxygen atoms in total. The van der Waals surface area contributed by atoms with E-state index in [1.165, 1.54) is 0 Å². The third kappa shape index (κ3) is 4.14. The first-order valence-corrected chi connectivity index (χ1v) is 4.91. The first kappa shape index (κ1) is 13.6. The quantitative estimate of drug-likeness (QED) is 0.832. The SMILES string of the molecule is NCC(=O)CCc1cc(F)cc(C(F)(F)F)c1. The van der Waals surface area contributed by atoms with Crippen LogP contribution in [0.2, 0.25) is 0 Å². The molecule has 0 unspecified atom stereocenters. The van der Waals surface area contributed by atoms with E-state index >= 15 is 0 Å². The van der Waals surface area contributed by atoms with Gasteiger partial charge in [-0.3, -0.25) is 4.79 Å². The van der Waals surface area contributed by atoms with E-state index in [2.05, 4.69) is 0 Å². The van der Waals surface area contributed by atoms with Crippen molar-refractivity contribution in [3.8, 4) is 0 Å². The van der Waals surface area contributed by atoms with E-state index in [-0.39, 0.29) is 30.7 Å². The lowest BCUT2D eigenvalue weighted by Gasteiger charge is -2.09. The van der Waals surface area contributed by atoms with Crippen LogP contribution in [0.1, 0.15) is 17.5 Å². The number of aryl methyl sites for hydroxylation is 1. The van der Waals surface area contributed by atoms with Crippen molar-refractivity contribution < 1.29 is 22.4 Å². The molecule has 1 aromatic carbocycles. The van der Waals surface area contributed by atoms with Gasteiger partial charge in [-0.15, -0.1) is 0 Å². The van der Waals surface area contributed by atoms with Gasteiger partial charge in [0.1, 0.15) is 11.6 Å². The number of halogens is 4. The number of rotatable bonds is 4. The second-order valence-corrected chi connectivity index (χ2v) is 3.59. The number of Topliss-reactive ketones (excluding diaryl/α,β-unsaturated/α-hetero) is 1. The molecule has 0 aliphatic heterocycles. The maximum absolute atomic E-state index is 13.0. The lowest BCUT2D eigenvalue weighted by molar-refractivity contribution is -0.137. The molecule has 0 fully saturated rings. The van der Waals surface area contributed by atoms with E-state index in [9.17, 15) is 22.4 Å². The van der Waals surface area contributed by atoms with Crippen molar-refractivity contribution in [3.05, 3.63) is 35.1 Å². The number of carbonyl (C=O) groups excluding carboxylic acids is 1. The molecule has 0 aliphatic carbocycles. The monoisotopic (exact) mass is 249 g/mol. The standard InChI is InChI=1S/C11H11F4NO/c12-9-4-7(1-2-10(17)6-16)3-8(5-9)11(13,14)15/h3-5H,1-2,6,16H2. The number of ketones is 1. The highest BCUT2D eigenvalue weighted by molar-refractivity contribution is 5.80. The largest absolute Gasteiger partial charge is 0.416 e. The molecule has 94 valence electrons. The number of alkyl halides is 3. The predicted molar refractivity (Wildman–Crippen MR) is 53.8 cm³/mol. The van der Waals surface area contributed by atoms with Gasteiger partial charge in [0.15, 0.2) is 0 Å². The maximum atomic E-state index is 13.0. The van der Waals surface area contributed by atoms with Gasteiger partial charge in [0.2, 0.25) is 0 Å². The van der Waals surface area contributed by atoms with E-state index in [1.807, 2.05) is 0 Å². The molecule has 0 amide bonds. The number of hydrogen-bond acceptors (Lipinski definition) is 2. The number of carbonyl (C=O) groups is 1. The first-order chi connectivity index (χ1) is 7.82. The van der Waals surface area contributed by atoms with Crippen LogP contribution in [0.4, 0.5) is 17.6 Å². The van der Waals surface area contributed by atoms with Crippen LogP contribution in [0, 0.1) is 5.82 Å². The Morgan fingerprint density at radius 1 is 1.24 bits per heavy atom. The van der Waals surface area contributed by atoms with Crippen molar-refractivity contribution in [2.45, 2.75) is 19.0 Å². The molecular weight excluding hydrogens is 238 g/mol. The Morgan fingerprint density at radius 2 is 1.88 bits per heavy atom. The van der Waals surface area contributed by atoms with Crippen LogP contribution in [0.25, 0.3) is 0 Å². The summed E-state index contributed by atoms with van der Waals surface area (Å²) in [6.07, 6.45) is -4.52. The zero-order chi connectivity index (χ0) is 13.1. The fraction of sp³-hybridized carbons (Fsp3) is 0.364. The molecule has 2 N–H and O–H groups in total. The molecular formula is C11H11F4NO. The van der Waals surface area contributed by atoms with Crippen molar-refractivity contribution in [2.75, 3.05) is 6.54 Å². The van der Waals surface area contributed by atoms with Crippen molar-refractivity contribution in [1.29, 1.82) is 0 Å². The van der Waals surface area contributed by atoms with Gasteiger partial charge in [0, 0.05) is 6.42 Å². The Kier molecular flexibility index (Phi) is 4.22. The molecule has 0 atom stereocenters. The van der Waals surface area contributed by atoms with Gasteiger partial charge in [0.25, 0.3) is 0 Å². The summed E-state index contributed by atoms with van der Waals surface area (Å²) in [7, 11) is 0. The molecule has 6 heteroatoms. The van der Waals surface area contributed by atoms with Crippen molar-refractivity contribution >= 4 is 5.78 Å². The summed E-state index contributed by atoms with van der Waals surface area (Å²) in [6.45, 7) is -0.165. The van der Waals surface area contributed by atoms with Crippen molar-refractivity contribution in [3.63, 3.8) is 0 Å². The van der Waals surface area contributed by atoms with E-state index in [4.69, 9.17) is 5.73 Å². The molecule has 0 aromatic heterocycles. The highest BCUT2D eigenvalue weighted by Gasteiger charge is 2.31. The normalized spacial score (nSPS) is 11.6. The third-order valence-corrected chi connectivity index (χ3v) is 2.21. The Labute approximate surface area is 95.4 Å². The molecule has 0 radical (unpaired) electrons. The lowest BCUT2D eigenvalue weighted by Crippen LogP contribution is -2.14. The summed E-state index contributed by atoms with van der Waals surface area (Å²) in [5.41, 5.74) is 4.15. The highest BCUT2D eigenvalue weighted by Crippen LogP contribution is 2.30. The van der Waals surface area contributed by atoms with Gasteiger partial charge in [0.05, 0.1) is 12.1 Å². The minimum absolute atomic E-state index is 0.0112. The van der Waals surface area contributed by atoms with Crippen LogP contribution in [0.15, 0.2) is 18.2 Å². The lowest BCUT2D eigenvalue weighted by atomic mass is 10.0. The van der Waals surface area contributed by atoms with E-state index in [1.54, 1.807) is 0 Å². The molecule has 1 aromatic rings. The summed E-state index contributed by atoms with van der Waals surface area (Å²) in [4.78, 5) is 10.9. The minimum atomic E-state index is -4.59.